The number of hydrogen-bond donors (Lipinski definition) is 2. The molecule has 0 saturated carbocycles. The normalized spacial score (nSPS) is 26.3. The molecule has 1 aromatic rings. The van der Waals surface area contributed by atoms with Crippen LogP contribution in [-0.2, 0) is 4.79 Å². The summed E-state index contributed by atoms with van der Waals surface area (Å²) in [6, 6.07) is 0. The van der Waals surface area contributed by atoms with Crippen LogP contribution in [0.3, 0.4) is 0 Å². The Morgan fingerprint density at radius 2 is 2.29 bits per heavy atom. The summed E-state index contributed by atoms with van der Waals surface area (Å²) in [7, 11) is 0. The minimum absolute atomic E-state index is 0.0694. The second kappa shape index (κ2) is 3.61. The molecule has 0 spiro atoms. The second-order valence-electron chi connectivity index (χ2n) is 3.36. The number of nitrogens with one attached hydrogen (secondary N) is 1. The van der Waals surface area contributed by atoms with E-state index in [1.54, 1.807) is 0 Å². The first-order valence-electron chi connectivity index (χ1n) is 4.52. The van der Waals surface area contributed by atoms with Crippen LogP contribution in [-0.4, -0.2) is 26.3 Å². The van der Waals surface area contributed by atoms with Gasteiger partial charge in [0.05, 0.1) is 5.92 Å². The SMILES string of the molecule is O=C(O)C1CC=CCC1c1ncn[nH]1. The van der Waals surface area contributed by atoms with Crippen molar-refractivity contribution in [3.8, 4) is 0 Å². The van der Waals surface area contributed by atoms with Gasteiger partial charge in [0.1, 0.15) is 12.2 Å². The molecule has 0 aliphatic heterocycles. The van der Waals surface area contributed by atoms with Crippen LogP contribution < -0.4 is 0 Å². The van der Waals surface area contributed by atoms with Crippen molar-refractivity contribution in [2.75, 3.05) is 0 Å². The molecule has 1 aliphatic rings. The summed E-state index contributed by atoms with van der Waals surface area (Å²) in [4.78, 5) is 15.0. The molecule has 1 aromatic heterocycles. The maximum Gasteiger partial charge on any atom is 0.307 e. The summed E-state index contributed by atoms with van der Waals surface area (Å²) in [5.74, 6) is -0.551. The van der Waals surface area contributed by atoms with Crippen molar-refractivity contribution in [1.29, 1.82) is 0 Å². The van der Waals surface area contributed by atoms with Gasteiger partial charge in [-0.3, -0.25) is 9.89 Å². The Kier molecular flexibility index (Phi) is 2.30. The summed E-state index contributed by atoms with van der Waals surface area (Å²) in [5, 5.41) is 15.5. The molecule has 0 saturated heterocycles. The lowest BCUT2D eigenvalue weighted by Gasteiger charge is -2.22. The molecule has 0 bridgehead atoms. The lowest BCUT2D eigenvalue weighted by atomic mass is 9.82. The largest absolute Gasteiger partial charge is 0.481 e. The van der Waals surface area contributed by atoms with Gasteiger partial charge in [-0.15, -0.1) is 0 Å². The Morgan fingerprint density at radius 3 is 2.93 bits per heavy atom. The number of rotatable bonds is 2. The van der Waals surface area contributed by atoms with Gasteiger partial charge in [-0.25, -0.2) is 4.98 Å². The van der Waals surface area contributed by atoms with Gasteiger partial charge < -0.3 is 5.11 Å². The van der Waals surface area contributed by atoms with Crippen LogP contribution in [0.25, 0.3) is 0 Å². The van der Waals surface area contributed by atoms with Crippen molar-refractivity contribution >= 4 is 5.97 Å². The van der Waals surface area contributed by atoms with Gasteiger partial charge in [0.15, 0.2) is 0 Å². The monoisotopic (exact) mass is 193 g/mol. The highest BCUT2D eigenvalue weighted by Gasteiger charge is 2.31. The lowest BCUT2D eigenvalue weighted by Crippen LogP contribution is -2.24. The van der Waals surface area contributed by atoms with E-state index in [1.165, 1.54) is 6.33 Å². The van der Waals surface area contributed by atoms with Gasteiger partial charge in [-0.05, 0) is 12.8 Å². The summed E-state index contributed by atoms with van der Waals surface area (Å²) in [6.45, 7) is 0. The highest BCUT2D eigenvalue weighted by Crippen LogP contribution is 2.32. The van der Waals surface area contributed by atoms with Crippen molar-refractivity contribution in [2.24, 2.45) is 5.92 Å². The van der Waals surface area contributed by atoms with Crippen LogP contribution in [0.5, 0.6) is 0 Å². The Bertz CT molecular complexity index is 345. The zero-order valence-corrected chi connectivity index (χ0v) is 7.55. The molecule has 2 atom stereocenters. The molecule has 1 aliphatic carbocycles. The Hall–Kier alpha value is -1.65. The molecule has 0 amide bonds. The number of carboxylic acids is 1. The average molecular weight is 193 g/mol. The molecule has 74 valence electrons. The molecule has 14 heavy (non-hydrogen) atoms. The molecule has 0 fully saturated rings. The maximum atomic E-state index is 11.0. The van der Waals surface area contributed by atoms with Crippen LogP contribution in [0.2, 0.25) is 0 Å². The number of hydrogen-bond acceptors (Lipinski definition) is 3. The smallest absolute Gasteiger partial charge is 0.307 e. The first kappa shape index (κ1) is 8.93. The summed E-state index contributed by atoms with van der Waals surface area (Å²) >= 11 is 0. The Balaban J connectivity index is 2.24. The minimum Gasteiger partial charge on any atom is -0.481 e. The zero-order chi connectivity index (χ0) is 9.97. The predicted molar refractivity (Wildman–Crippen MR) is 48.6 cm³/mol. The van der Waals surface area contributed by atoms with E-state index in [9.17, 15) is 4.79 Å². The molecule has 2 N–H and O–H groups in total. The van der Waals surface area contributed by atoms with E-state index < -0.39 is 5.97 Å². The van der Waals surface area contributed by atoms with E-state index >= 15 is 0 Å². The summed E-state index contributed by atoms with van der Waals surface area (Å²) in [5.41, 5.74) is 0. The highest BCUT2D eigenvalue weighted by atomic mass is 16.4. The van der Waals surface area contributed by atoms with Crippen molar-refractivity contribution in [3.63, 3.8) is 0 Å². The van der Waals surface area contributed by atoms with Gasteiger partial charge in [-0.2, -0.15) is 5.10 Å². The molecule has 0 aromatic carbocycles. The molecule has 5 nitrogen and oxygen atoms in total. The molecule has 2 rings (SSSR count). The van der Waals surface area contributed by atoms with Crippen LogP contribution in [0.4, 0.5) is 0 Å². The van der Waals surface area contributed by atoms with Crippen molar-refractivity contribution in [3.05, 3.63) is 24.3 Å². The van der Waals surface area contributed by atoms with Gasteiger partial charge in [0, 0.05) is 5.92 Å². The quantitative estimate of drug-likeness (QED) is 0.685. The van der Waals surface area contributed by atoms with Crippen molar-refractivity contribution < 1.29 is 9.90 Å². The highest BCUT2D eigenvalue weighted by molar-refractivity contribution is 5.71. The van der Waals surface area contributed by atoms with Crippen molar-refractivity contribution in [2.45, 2.75) is 18.8 Å². The molecule has 1 heterocycles. The van der Waals surface area contributed by atoms with Gasteiger partial charge in [0.2, 0.25) is 0 Å². The minimum atomic E-state index is -0.768. The predicted octanol–water partition coefficient (Wildman–Crippen LogP) is 0.939. The van der Waals surface area contributed by atoms with E-state index in [2.05, 4.69) is 15.2 Å². The van der Waals surface area contributed by atoms with Crippen LogP contribution in [0, 0.1) is 5.92 Å². The van der Waals surface area contributed by atoms with Crippen LogP contribution >= 0.6 is 0 Å². The molecule has 0 radical (unpaired) electrons. The van der Waals surface area contributed by atoms with Crippen LogP contribution in [0.1, 0.15) is 24.6 Å². The number of nitrogens with zero attached hydrogens (tertiary/aromatic N) is 2. The molecule has 5 heteroatoms. The number of carboxylic acid groups (broad SMARTS) is 1. The summed E-state index contributed by atoms with van der Waals surface area (Å²) < 4.78 is 0. The van der Waals surface area contributed by atoms with Gasteiger partial charge >= 0.3 is 5.97 Å². The number of aromatic nitrogens is 3. The zero-order valence-electron chi connectivity index (χ0n) is 7.55. The average Bonchev–Trinajstić information content (AvgIpc) is 2.70. The second-order valence-corrected chi connectivity index (χ2v) is 3.36. The lowest BCUT2D eigenvalue weighted by molar-refractivity contribution is -0.142. The number of aliphatic carboxylic acids is 1. The first-order valence-corrected chi connectivity index (χ1v) is 4.52. The number of H-pyrrole nitrogens is 1. The Morgan fingerprint density at radius 1 is 1.50 bits per heavy atom. The van der Waals surface area contributed by atoms with Gasteiger partial charge in [0.25, 0.3) is 0 Å². The molecule has 2 unspecified atom stereocenters. The fourth-order valence-corrected chi connectivity index (χ4v) is 1.78. The van der Waals surface area contributed by atoms with E-state index in [0.29, 0.717) is 18.7 Å². The van der Waals surface area contributed by atoms with E-state index in [1.807, 2.05) is 12.2 Å². The number of allylic oxidation sites excluding steroid dienone is 2. The topological polar surface area (TPSA) is 78.9 Å². The fraction of sp³-hybridized carbons (Fsp3) is 0.444. The fourth-order valence-electron chi connectivity index (χ4n) is 1.78. The first-order chi connectivity index (χ1) is 6.79. The molecular formula is C9H11N3O2. The number of aromatic amines is 1. The van der Waals surface area contributed by atoms with E-state index in [4.69, 9.17) is 5.11 Å². The third-order valence-corrected chi connectivity index (χ3v) is 2.53. The Labute approximate surface area is 80.9 Å². The third kappa shape index (κ3) is 1.53. The van der Waals surface area contributed by atoms with E-state index in [-0.39, 0.29) is 11.8 Å². The number of carbonyl (C=O) groups is 1. The molecular weight excluding hydrogens is 182 g/mol. The van der Waals surface area contributed by atoms with Crippen LogP contribution in [0.15, 0.2) is 18.5 Å². The summed E-state index contributed by atoms with van der Waals surface area (Å²) in [6.07, 6.45) is 6.59. The standard InChI is InChI=1S/C9H11N3O2/c13-9(14)7-4-2-1-3-6(7)8-10-5-11-12-8/h1-2,5-7H,3-4H2,(H,13,14)(H,10,11,12). The third-order valence-electron chi connectivity index (χ3n) is 2.53. The van der Waals surface area contributed by atoms with E-state index in [0.717, 1.165) is 0 Å². The van der Waals surface area contributed by atoms with Gasteiger partial charge in [-0.1, -0.05) is 12.2 Å². The maximum absolute atomic E-state index is 11.0. The van der Waals surface area contributed by atoms with Crippen molar-refractivity contribution in [1.82, 2.24) is 15.2 Å².